The first kappa shape index (κ1) is 13.1. The molecule has 1 aromatic heterocycles. The van der Waals surface area contributed by atoms with E-state index in [1.165, 1.54) is 0 Å². The molecule has 19 heavy (non-hydrogen) atoms. The van der Waals surface area contributed by atoms with Gasteiger partial charge in [-0.05, 0) is 24.6 Å². The number of ether oxygens (including phenoxy) is 1. The lowest BCUT2D eigenvalue weighted by atomic mass is 10.1. The third kappa shape index (κ3) is 3.34. The predicted octanol–water partition coefficient (Wildman–Crippen LogP) is 2.12. The Hall–Kier alpha value is -2.31. The molecule has 0 atom stereocenters. The Morgan fingerprint density at radius 2 is 2.00 bits per heavy atom. The van der Waals surface area contributed by atoms with Crippen LogP contribution >= 0.6 is 0 Å². The molecule has 1 aromatic carbocycles. The van der Waals surface area contributed by atoms with Gasteiger partial charge >= 0.3 is 11.9 Å². The van der Waals surface area contributed by atoms with Crippen molar-refractivity contribution in [1.29, 1.82) is 0 Å². The molecular weight excluding hydrogens is 258 g/mol. The topological polar surface area (TPSA) is 65.2 Å². The average molecular weight is 268 g/mol. The van der Waals surface area contributed by atoms with Crippen LogP contribution in [0.25, 0.3) is 0 Å². The second kappa shape index (κ2) is 5.55. The first-order chi connectivity index (χ1) is 9.08. The Morgan fingerprint density at radius 1 is 1.32 bits per heavy atom. The Morgan fingerprint density at radius 3 is 2.63 bits per heavy atom. The molecule has 2 rings (SSSR count). The molecule has 0 spiro atoms. The minimum Gasteiger partial charge on any atom is -0.459 e. The molecule has 0 radical (unpaired) electrons. The predicted molar refractivity (Wildman–Crippen MR) is 59.4 cm³/mol. The van der Waals surface area contributed by atoms with Crippen LogP contribution in [0, 0.1) is 11.6 Å². The molecule has 0 bridgehead atoms. The van der Waals surface area contributed by atoms with Crippen molar-refractivity contribution < 1.29 is 22.8 Å². The molecule has 0 saturated heterocycles. The van der Waals surface area contributed by atoms with Gasteiger partial charge in [-0.15, -0.1) is 0 Å². The van der Waals surface area contributed by atoms with E-state index in [2.05, 4.69) is 19.4 Å². The van der Waals surface area contributed by atoms with Crippen LogP contribution in [0.5, 0.6) is 0 Å². The quantitative estimate of drug-likeness (QED) is 0.794. The van der Waals surface area contributed by atoms with Crippen LogP contribution in [0.1, 0.15) is 29.0 Å². The summed E-state index contributed by atoms with van der Waals surface area (Å²) < 4.78 is 35.3. The van der Waals surface area contributed by atoms with E-state index < -0.39 is 17.6 Å². The normalized spacial score (nSPS) is 10.5. The van der Waals surface area contributed by atoms with Crippen LogP contribution in [0.15, 0.2) is 22.7 Å². The van der Waals surface area contributed by atoms with Crippen LogP contribution in [0.2, 0.25) is 0 Å². The van der Waals surface area contributed by atoms with E-state index >= 15 is 0 Å². The van der Waals surface area contributed by atoms with Gasteiger partial charge in [0, 0.05) is 12.5 Å². The summed E-state index contributed by atoms with van der Waals surface area (Å²) in [5.74, 6) is -2.25. The number of hydrogen-bond acceptors (Lipinski definition) is 5. The molecule has 0 unspecified atom stereocenters. The van der Waals surface area contributed by atoms with Gasteiger partial charge in [0.2, 0.25) is 0 Å². The molecule has 5 nitrogen and oxygen atoms in total. The summed E-state index contributed by atoms with van der Waals surface area (Å²) in [6, 6.07) is 3.08. The number of halogens is 2. The first-order valence-corrected chi connectivity index (χ1v) is 5.53. The molecule has 100 valence electrons. The monoisotopic (exact) mass is 268 g/mol. The standard InChI is InChI=1S/C12H10F2N2O3/c1-2-18-12(17)11-15-10(16-19-11)5-7-3-8(13)6-9(14)4-7/h3-4,6H,2,5H2,1H3. The number of benzene rings is 1. The summed E-state index contributed by atoms with van der Waals surface area (Å²) in [4.78, 5) is 15.1. The van der Waals surface area contributed by atoms with Gasteiger partial charge in [-0.2, -0.15) is 4.98 Å². The van der Waals surface area contributed by atoms with Crippen LogP contribution in [0.4, 0.5) is 8.78 Å². The maximum Gasteiger partial charge on any atom is 0.397 e. The summed E-state index contributed by atoms with van der Waals surface area (Å²) >= 11 is 0. The lowest BCUT2D eigenvalue weighted by molar-refractivity contribution is 0.0470. The van der Waals surface area contributed by atoms with Crippen LogP contribution in [-0.2, 0) is 11.2 Å². The summed E-state index contributed by atoms with van der Waals surface area (Å²) in [5, 5.41) is 3.54. The number of carbonyl (C=O) groups is 1. The highest BCUT2D eigenvalue weighted by Crippen LogP contribution is 2.12. The van der Waals surface area contributed by atoms with Crippen molar-refractivity contribution in [3.8, 4) is 0 Å². The van der Waals surface area contributed by atoms with Crippen molar-refractivity contribution in [2.24, 2.45) is 0 Å². The average Bonchev–Trinajstić information content (AvgIpc) is 2.76. The number of aromatic nitrogens is 2. The fraction of sp³-hybridized carbons (Fsp3) is 0.250. The van der Waals surface area contributed by atoms with Gasteiger partial charge < -0.3 is 9.26 Å². The fourth-order valence-corrected chi connectivity index (χ4v) is 1.50. The van der Waals surface area contributed by atoms with E-state index in [9.17, 15) is 13.6 Å². The van der Waals surface area contributed by atoms with Crippen molar-refractivity contribution in [2.45, 2.75) is 13.3 Å². The zero-order chi connectivity index (χ0) is 13.8. The fourth-order valence-electron chi connectivity index (χ4n) is 1.50. The molecule has 1 heterocycles. The van der Waals surface area contributed by atoms with E-state index in [1.807, 2.05) is 0 Å². The number of hydrogen-bond donors (Lipinski definition) is 0. The van der Waals surface area contributed by atoms with Crippen molar-refractivity contribution in [3.63, 3.8) is 0 Å². The number of nitrogens with zero attached hydrogens (tertiary/aromatic N) is 2. The summed E-state index contributed by atoms with van der Waals surface area (Å²) in [6.07, 6.45) is 0.0532. The van der Waals surface area contributed by atoms with Gasteiger partial charge in [0.25, 0.3) is 0 Å². The molecule has 0 saturated carbocycles. The SMILES string of the molecule is CCOC(=O)c1nc(Cc2cc(F)cc(F)c2)no1. The Kier molecular flexibility index (Phi) is 3.84. The lowest BCUT2D eigenvalue weighted by Crippen LogP contribution is -2.05. The van der Waals surface area contributed by atoms with Crippen molar-refractivity contribution in [1.82, 2.24) is 10.1 Å². The van der Waals surface area contributed by atoms with Crippen molar-refractivity contribution >= 4 is 5.97 Å². The van der Waals surface area contributed by atoms with Gasteiger partial charge in [0.1, 0.15) is 11.6 Å². The van der Waals surface area contributed by atoms with Crippen LogP contribution in [0.3, 0.4) is 0 Å². The number of rotatable bonds is 4. The van der Waals surface area contributed by atoms with Gasteiger partial charge in [-0.3, -0.25) is 0 Å². The lowest BCUT2D eigenvalue weighted by Gasteiger charge is -1.97. The van der Waals surface area contributed by atoms with E-state index in [1.54, 1.807) is 6.92 Å². The first-order valence-electron chi connectivity index (χ1n) is 5.53. The van der Waals surface area contributed by atoms with Crippen molar-refractivity contribution in [3.05, 3.63) is 47.1 Å². The largest absolute Gasteiger partial charge is 0.459 e. The summed E-state index contributed by atoms with van der Waals surface area (Å²) in [5.41, 5.74) is 0.341. The molecule has 0 aliphatic heterocycles. The number of esters is 1. The highest BCUT2D eigenvalue weighted by Gasteiger charge is 2.16. The molecule has 7 heteroatoms. The summed E-state index contributed by atoms with van der Waals surface area (Å²) in [6.45, 7) is 1.83. The van der Waals surface area contributed by atoms with Gasteiger partial charge in [0.15, 0.2) is 5.82 Å². The smallest absolute Gasteiger partial charge is 0.397 e. The molecular formula is C12H10F2N2O3. The Labute approximate surface area is 107 Å². The maximum atomic E-state index is 13.0. The zero-order valence-electron chi connectivity index (χ0n) is 10.0. The second-order valence-corrected chi connectivity index (χ2v) is 3.69. The van der Waals surface area contributed by atoms with E-state index in [4.69, 9.17) is 0 Å². The Balaban J connectivity index is 2.13. The highest BCUT2D eigenvalue weighted by molar-refractivity contribution is 5.83. The van der Waals surface area contributed by atoms with E-state index in [-0.39, 0.29) is 24.7 Å². The molecule has 0 fully saturated rings. The van der Waals surface area contributed by atoms with E-state index in [0.29, 0.717) is 5.56 Å². The minimum absolute atomic E-state index is 0.0532. The van der Waals surface area contributed by atoms with Crippen LogP contribution in [-0.4, -0.2) is 22.7 Å². The third-order valence-electron chi connectivity index (χ3n) is 2.20. The minimum atomic E-state index is -0.730. The molecule has 0 aliphatic rings. The third-order valence-corrected chi connectivity index (χ3v) is 2.20. The number of carbonyl (C=O) groups excluding carboxylic acids is 1. The Bertz CT molecular complexity index is 578. The zero-order valence-corrected chi connectivity index (χ0v) is 10.0. The summed E-state index contributed by atoms with van der Waals surface area (Å²) in [7, 11) is 0. The van der Waals surface area contributed by atoms with Crippen molar-refractivity contribution in [2.75, 3.05) is 6.61 Å². The van der Waals surface area contributed by atoms with Gasteiger partial charge in [-0.25, -0.2) is 13.6 Å². The van der Waals surface area contributed by atoms with Crippen LogP contribution < -0.4 is 0 Å². The molecule has 2 aromatic rings. The molecule has 0 amide bonds. The molecule has 0 N–H and O–H groups in total. The maximum absolute atomic E-state index is 13.0. The highest BCUT2D eigenvalue weighted by atomic mass is 19.1. The van der Waals surface area contributed by atoms with Gasteiger partial charge in [0.05, 0.1) is 6.61 Å². The van der Waals surface area contributed by atoms with Gasteiger partial charge in [-0.1, -0.05) is 5.16 Å². The second-order valence-electron chi connectivity index (χ2n) is 3.69. The van der Waals surface area contributed by atoms with E-state index in [0.717, 1.165) is 18.2 Å². The molecule has 0 aliphatic carbocycles.